The van der Waals surface area contributed by atoms with Crippen molar-refractivity contribution in [1.29, 1.82) is 0 Å². The Kier molecular flexibility index (Phi) is 9.66. The minimum atomic E-state index is -1.01. The van der Waals surface area contributed by atoms with Crippen LogP contribution in [-0.4, -0.2) is 56.9 Å². The van der Waals surface area contributed by atoms with Crippen LogP contribution < -0.4 is 10.6 Å². The zero-order valence-corrected chi connectivity index (χ0v) is 22.0. The van der Waals surface area contributed by atoms with Gasteiger partial charge in [-0.2, -0.15) is 12.6 Å². The number of amides is 3. The van der Waals surface area contributed by atoms with E-state index in [-0.39, 0.29) is 23.5 Å². The number of nitrogens with zero attached hydrogens (tertiary/aromatic N) is 1. The highest BCUT2D eigenvalue weighted by Crippen LogP contribution is 2.29. The molecule has 2 unspecified atom stereocenters. The number of alkyl carbamates (subject to hydrolysis) is 1. The van der Waals surface area contributed by atoms with Gasteiger partial charge in [-0.3, -0.25) is 9.59 Å². The Morgan fingerprint density at radius 2 is 1.70 bits per heavy atom. The number of phenols is 1. The van der Waals surface area contributed by atoms with Crippen molar-refractivity contribution in [2.45, 2.75) is 91.6 Å². The van der Waals surface area contributed by atoms with Gasteiger partial charge >= 0.3 is 6.09 Å². The largest absolute Gasteiger partial charge is 0.508 e. The lowest BCUT2D eigenvalue weighted by Gasteiger charge is -2.38. The Bertz CT molecular complexity index is 859. The van der Waals surface area contributed by atoms with Crippen LogP contribution in [-0.2, 0) is 14.3 Å². The summed E-state index contributed by atoms with van der Waals surface area (Å²) in [6.07, 6.45) is -0.741. The van der Waals surface area contributed by atoms with Crippen LogP contribution in [0.5, 0.6) is 5.75 Å². The topological polar surface area (TPSA) is 108 Å². The molecule has 8 nitrogen and oxygen atoms in total. The lowest BCUT2D eigenvalue weighted by molar-refractivity contribution is -0.144. The summed E-state index contributed by atoms with van der Waals surface area (Å²) < 4.78 is 5.29. The maximum Gasteiger partial charge on any atom is 0.408 e. The first kappa shape index (κ1) is 28.6. The molecule has 0 aliphatic heterocycles. The molecule has 1 rings (SSSR count). The molecular weight excluding hydrogens is 442 g/mol. The average molecular weight is 482 g/mol. The Morgan fingerprint density at radius 1 is 1.12 bits per heavy atom. The van der Waals surface area contributed by atoms with Crippen LogP contribution in [0.25, 0.3) is 0 Å². The standard InChI is InChI=1S/C24H39N3O5S/c1-14(2)27(21(30)17(13-33)25-22(31)32-24(7,8)9)19(20(29)26-23(4,5)6)16-10-11-18(28)15(3)12-16/h10-12,14,17,19,28,33H,13H2,1-9H3,(H,25,31)(H,26,29). The fraction of sp³-hybridized carbons (Fsp3) is 0.625. The predicted molar refractivity (Wildman–Crippen MR) is 132 cm³/mol. The molecule has 0 spiro atoms. The van der Waals surface area contributed by atoms with E-state index in [1.807, 2.05) is 20.8 Å². The Balaban J connectivity index is 3.44. The van der Waals surface area contributed by atoms with Crippen LogP contribution >= 0.6 is 12.6 Å². The summed E-state index contributed by atoms with van der Waals surface area (Å²) in [4.78, 5) is 40.8. The number of carbonyl (C=O) groups excluding carboxylic acids is 3. The van der Waals surface area contributed by atoms with Crippen molar-refractivity contribution in [3.8, 4) is 5.75 Å². The minimum absolute atomic E-state index is 0.0174. The Labute approximate surface area is 202 Å². The fourth-order valence-corrected chi connectivity index (χ4v) is 3.47. The second-order valence-corrected chi connectivity index (χ2v) is 10.8. The van der Waals surface area contributed by atoms with E-state index in [4.69, 9.17) is 4.74 Å². The highest BCUT2D eigenvalue weighted by atomic mass is 32.1. The molecule has 1 aromatic carbocycles. The molecule has 1 aromatic rings. The van der Waals surface area contributed by atoms with Gasteiger partial charge in [0.05, 0.1) is 0 Å². The number of rotatable bonds is 7. The predicted octanol–water partition coefficient (Wildman–Crippen LogP) is 3.72. The second kappa shape index (κ2) is 11.1. The number of carbonyl (C=O) groups is 3. The van der Waals surface area contributed by atoms with Crippen LogP contribution in [0.4, 0.5) is 4.79 Å². The molecule has 0 fully saturated rings. The van der Waals surface area contributed by atoms with Crippen molar-refractivity contribution in [3.05, 3.63) is 29.3 Å². The zero-order valence-electron chi connectivity index (χ0n) is 21.1. The number of hydrogen-bond donors (Lipinski definition) is 4. The van der Waals surface area contributed by atoms with Crippen molar-refractivity contribution < 1.29 is 24.2 Å². The Morgan fingerprint density at radius 3 is 2.12 bits per heavy atom. The average Bonchev–Trinajstić information content (AvgIpc) is 2.62. The monoisotopic (exact) mass is 481 g/mol. The van der Waals surface area contributed by atoms with E-state index in [0.29, 0.717) is 11.1 Å². The van der Waals surface area contributed by atoms with Crippen molar-refractivity contribution in [1.82, 2.24) is 15.5 Å². The van der Waals surface area contributed by atoms with Gasteiger partial charge in [0.1, 0.15) is 23.4 Å². The molecule has 3 N–H and O–H groups in total. The van der Waals surface area contributed by atoms with Crippen LogP contribution in [0.15, 0.2) is 18.2 Å². The maximum atomic E-state index is 13.6. The van der Waals surface area contributed by atoms with Gasteiger partial charge in [-0.25, -0.2) is 4.79 Å². The number of hydrogen-bond acceptors (Lipinski definition) is 6. The zero-order chi connectivity index (χ0) is 25.7. The molecule has 33 heavy (non-hydrogen) atoms. The Hall–Kier alpha value is -2.42. The summed E-state index contributed by atoms with van der Waals surface area (Å²) >= 11 is 4.26. The molecule has 0 saturated carbocycles. The lowest BCUT2D eigenvalue weighted by atomic mass is 9.98. The number of ether oxygens (including phenoxy) is 1. The van der Waals surface area contributed by atoms with Crippen LogP contribution in [0.2, 0.25) is 0 Å². The number of phenolic OH excluding ortho intramolecular Hbond substituents is 1. The van der Waals surface area contributed by atoms with Gasteiger partial charge in [-0.15, -0.1) is 0 Å². The summed E-state index contributed by atoms with van der Waals surface area (Å²) in [6.45, 7) is 16.1. The van der Waals surface area contributed by atoms with Crippen molar-refractivity contribution in [2.75, 3.05) is 5.75 Å². The van der Waals surface area contributed by atoms with E-state index >= 15 is 0 Å². The summed E-state index contributed by atoms with van der Waals surface area (Å²) in [5.41, 5.74) is -0.144. The van der Waals surface area contributed by atoms with Crippen LogP contribution in [0.3, 0.4) is 0 Å². The van der Waals surface area contributed by atoms with Gasteiger partial charge in [0.15, 0.2) is 0 Å². The van der Waals surface area contributed by atoms with Crippen molar-refractivity contribution in [2.24, 2.45) is 0 Å². The number of nitrogens with one attached hydrogen (secondary N) is 2. The molecule has 0 heterocycles. The van der Waals surface area contributed by atoms with Crippen LogP contribution in [0.1, 0.15) is 72.6 Å². The number of aryl methyl sites for hydroxylation is 1. The van der Waals surface area contributed by atoms with E-state index in [1.165, 1.54) is 11.0 Å². The van der Waals surface area contributed by atoms with E-state index < -0.39 is 35.2 Å². The fourth-order valence-electron chi connectivity index (χ4n) is 3.22. The van der Waals surface area contributed by atoms with E-state index in [1.54, 1.807) is 53.7 Å². The van der Waals surface area contributed by atoms with Gasteiger partial charge in [0, 0.05) is 17.3 Å². The number of thiol groups is 1. The van der Waals surface area contributed by atoms with Gasteiger partial charge < -0.3 is 25.4 Å². The molecule has 186 valence electrons. The molecule has 0 radical (unpaired) electrons. The molecule has 0 bridgehead atoms. The van der Waals surface area contributed by atoms with Gasteiger partial charge in [0.25, 0.3) is 0 Å². The maximum absolute atomic E-state index is 13.6. The van der Waals surface area contributed by atoms with Gasteiger partial charge in [-0.05, 0) is 85.6 Å². The lowest BCUT2D eigenvalue weighted by Crippen LogP contribution is -2.57. The number of aromatic hydroxyl groups is 1. The molecule has 0 saturated heterocycles. The van der Waals surface area contributed by atoms with E-state index in [2.05, 4.69) is 23.3 Å². The second-order valence-electron chi connectivity index (χ2n) is 10.4. The third-order valence-electron chi connectivity index (χ3n) is 4.54. The molecule has 0 aliphatic carbocycles. The van der Waals surface area contributed by atoms with Crippen molar-refractivity contribution >= 4 is 30.5 Å². The minimum Gasteiger partial charge on any atom is -0.508 e. The molecular formula is C24H39N3O5S. The molecule has 2 atom stereocenters. The summed E-state index contributed by atoms with van der Waals surface area (Å²) in [6, 6.07) is 2.43. The normalized spacial score (nSPS) is 13.8. The third-order valence-corrected chi connectivity index (χ3v) is 4.91. The van der Waals surface area contributed by atoms with Crippen LogP contribution in [0, 0.1) is 6.92 Å². The highest BCUT2D eigenvalue weighted by molar-refractivity contribution is 7.80. The molecule has 3 amide bonds. The molecule has 0 aromatic heterocycles. The first-order chi connectivity index (χ1) is 15.0. The number of benzene rings is 1. The third kappa shape index (κ3) is 8.79. The quantitative estimate of drug-likeness (QED) is 0.444. The van der Waals surface area contributed by atoms with E-state index in [0.717, 1.165) is 0 Å². The highest BCUT2D eigenvalue weighted by Gasteiger charge is 2.38. The van der Waals surface area contributed by atoms with Gasteiger partial charge in [-0.1, -0.05) is 6.07 Å². The first-order valence-corrected chi connectivity index (χ1v) is 11.6. The summed E-state index contributed by atoms with van der Waals surface area (Å²) in [5.74, 6) is -0.727. The first-order valence-electron chi connectivity index (χ1n) is 11.0. The molecule has 0 aliphatic rings. The molecule has 9 heteroatoms. The summed E-state index contributed by atoms with van der Waals surface area (Å²) in [7, 11) is 0. The van der Waals surface area contributed by atoms with E-state index in [9.17, 15) is 19.5 Å². The summed E-state index contributed by atoms with van der Waals surface area (Å²) in [5, 5.41) is 15.5. The SMILES string of the molecule is Cc1cc(C(C(=O)NC(C)(C)C)N(C(=O)C(CS)NC(=O)OC(C)(C)C)C(C)C)ccc1O. The van der Waals surface area contributed by atoms with Crippen molar-refractivity contribution in [3.63, 3.8) is 0 Å². The smallest absolute Gasteiger partial charge is 0.408 e. The van der Waals surface area contributed by atoms with Gasteiger partial charge in [0.2, 0.25) is 11.8 Å².